The number of guanidine groups is 1. The molecule has 23 heavy (non-hydrogen) atoms. The van der Waals surface area contributed by atoms with E-state index in [0.717, 1.165) is 10.0 Å². The van der Waals surface area contributed by atoms with Crippen molar-refractivity contribution in [3.8, 4) is 0 Å². The fraction of sp³-hybridized carbons (Fsp3) is 0.533. The molecular formula is C15H22BrF3N4. The van der Waals surface area contributed by atoms with Crippen molar-refractivity contribution in [2.75, 3.05) is 40.8 Å². The third kappa shape index (κ3) is 7.69. The third-order valence-electron chi connectivity index (χ3n) is 3.16. The highest BCUT2D eigenvalue weighted by atomic mass is 79.9. The van der Waals surface area contributed by atoms with E-state index in [4.69, 9.17) is 0 Å². The fourth-order valence-electron chi connectivity index (χ4n) is 2.09. The van der Waals surface area contributed by atoms with Crippen molar-refractivity contribution in [1.82, 2.24) is 15.1 Å². The minimum absolute atomic E-state index is 0.279. The van der Waals surface area contributed by atoms with Gasteiger partial charge in [0.05, 0.1) is 6.54 Å². The molecule has 0 fully saturated rings. The molecule has 0 aliphatic carbocycles. The van der Waals surface area contributed by atoms with Crippen molar-refractivity contribution in [3.05, 3.63) is 34.3 Å². The van der Waals surface area contributed by atoms with E-state index >= 15 is 0 Å². The van der Waals surface area contributed by atoms with Crippen molar-refractivity contribution < 1.29 is 13.2 Å². The zero-order chi connectivity index (χ0) is 17.5. The average molecular weight is 395 g/mol. The highest BCUT2D eigenvalue weighted by Gasteiger charge is 2.28. The zero-order valence-corrected chi connectivity index (χ0v) is 15.1. The van der Waals surface area contributed by atoms with E-state index in [0.29, 0.717) is 19.0 Å². The summed E-state index contributed by atoms with van der Waals surface area (Å²) in [7, 11) is 4.98. The number of nitrogens with zero attached hydrogens (tertiary/aromatic N) is 3. The van der Waals surface area contributed by atoms with Crippen LogP contribution in [-0.4, -0.2) is 62.7 Å². The molecule has 0 saturated heterocycles. The van der Waals surface area contributed by atoms with Gasteiger partial charge in [0.1, 0.15) is 0 Å². The van der Waals surface area contributed by atoms with Crippen LogP contribution in [0.15, 0.2) is 33.7 Å². The summed E-state index contributed by atoms with van der Waals surface area (Å²) in [5, 5.41) is 3.08. The molecule has 4 nitrogen and oxygen atoms in total. The number of aliphatic imine (C=N–C) groups is 1. The maximum Gasteiger partial charge on any atom is 0.401 e. The summed E-state index contributed by atoms with van der Waals surface area (Å²) in [5.74, 6) is 0.640. The maximum absolute atomic E-state index is 12.3. The summed E-state index contributed by atoms with van der Waals surface area (Å²) in [6.45, 7) is 0.389. The number of hydrogen-bond acceptors (Lipinski definition) is 2. The minimum atomic E-state index is -4.17. The Bertz CT molecular complexity index is 520. The molecule has 8 heteroatoms. The highest BCUT2D eigenvalue weighted by Crippen LogP contribution is 2.17. The van der Waals surface area contributed by atoms with Crippen molar-refractivity contribution >= 4 is 21.9 Å². The minimum Gasteiger partial charge on any atom is -0.355 e. The van der Waals surface area contributed by atoms with Crippen LogP contribution in [0.25, 0.3) is 0 Å². The lowest BCUT2D eigenvalue weighted by Gasteiger charge is -2.24. The van der Waals surface area contributed by atoms with Gasteiger partial charge in [0.25, 0.3) is 0 Å². The quantitative estimate of drug-likeness (QED) is 0.594. The molecule has 1 N–H and O–H groups in total. The second kappa shape index (κ2) is 9.12. The summed E-state index contributed by atoms with van der Waals surface area (Å²) in [6.07, 6.45) is -4.17. The van der Waals surface area contributed by atoms with Gasteiger partial charge in [-0.1, -0.05) is 34.1 Å². The molecule has 0 bridgehead atoms. The average Bonchev–Trinajstić information content (AvgIpc) is 2.44. The van der Waals surface area contributed by atoms with Crippen LogP contribution < -0.4 is 5.32 Å². The summed E-state index contributed by atoms with van der Waals surface area (Å²) in [4.78, 5) is 7.31. The van der Waals surface area contributed by atoms with Crippen LogP contribution >= 0.6 is 15.9 Å². The summed E-state index contributed by atoms with van der Waals surface area (Å²) < 4.78 is 37.8. The van der Waals surface area contributed by atoms with Gasteiger partial charge in [0, 0.05) is 38.2 Å². The third-order valence-corrected chi connectivity index (χ3v) is 3.94. The fourth-order valence-corrected chi connectivity index (χ4v) is 2.50. The Morgan fingerprint density at radius 2 is 1.91 bits per heavy atom. The van der Waals surface area contributed by atoms with E-state index in [2.05, 4.69) is 26.2 Å². The number of nitrogens with one attached hydrogen (secondary N) is 1. The molecule has 0 amide bonds. The number of halogens is 4. The Morgan fingerprint density at radius 3 is 2.48 bits per heavy atom. The maximum atomic E-state index is 12.3. The van der Waals surface area contributed by atoms with E-state index < -0.39 is 12.7 Å². The van der Waals surface area contributed by atoms with E-state index in [9.17, 15) is 13.2 Å². The monoisotopic (exact) mass is 394 g/mol. The van der Waals surface area contributed by atoms with Crippen LogP contribution in [-0.2, 0) is 6.54 Å². The van der Waals surface area contributed by atoms with E-state index in [1.165, 1.54) is 11.9 Å². The van der Waals surface area contributed by atoms with Gasteiger partial charge in [-0.15, -0.1) is 0 Å². The molecule has 0 heterocycles. The van der Waals surface area contributed by atoms with Crippen LogP contribution in [0.1, 0.15) is 5.56 Å². The van der Waals surface area contributed by atoms with Gasteiger partial charge in [0.2, 0.25) is 0 Å². The molecule has 0 unspecified atom stereocenters. The molecule has 0 spiro atoms. The van der Waals surface area contributed by atoms with Gasteiger partial charge in [-0.25, -0.2) is 0 Å². The van der Waals surface area contributed by atoms with Crippen LogP contribution in [0.5, 0.6) is 0 Å². The lowest BCUT2D eigenvalue weighted by Crippen LogP contribution is -2.43. The topological polar surface area (TPSA) is 30.9 Å². The molecular weight excluding hydrogens is 373 g/mol. The number of rotatable bonds is 6. The Hall–Kier alpha value is -1.28. The number of benzene rings is 1. The van der Waals surface area contributed by atoms with Crippen molar-refractivity contribution in [2.24, 2.45) is 4.99 Å². The first-order valence-corrected chi connectivity index (χ1v) is 7.92. The van der Waals surface area contributed by atoms with Crippen LogP contribution in [0.3, 0.4) is 0 Å². The lowest BCUT2D eigenvalue weighted by molar-refractivity contribution is -0.142. The van der Waals surface area contributed by atoms with E-state index in [1.807, 2.05) is 36.2 Å². The number of hydrogen-bond donors (Lipinski definition) is 1. The Labute approximate surface area is 143 Å². The molecule has 0 radical (unpaired) electrons. The van der Waals surface area contributed by atoms with Gasteiger partial charge < -0.3 is 10.2 Å². The molecule has 0 aromatic heterocycles. The molecule has 1 aromatic rings. The Morgan fingerprint density at radius 1 is 1.26 bits per heavy atom. The first-order valence-electron chi connectivity index (χ1n) is 7.13. The highest BCUT2D eigenvalue weighted by molar-refractivity contribution is 9.10. The van der Waals surface area contributed by atoms with Gasteiger partial charge in [-0.2, -0.15) is 13.2 Å². The second-order valence-corrected chi connectivity index (χ2v) is 6.13. The molecule has 0 atom stereocenters. The van der Waals surface area contributed by atoms with Gasteiger partial charge in [-0.3, -0.25) is 9.89 Å². The first kappa shape index (κ1) is 19.8. The first-order chi connectivity index (χ1) is 10.7. The van der Waals surface area contributed by atoms with Crippen molar-refractivity contribution in [1.29, 1.82) is 0 Å². The van der Waals surface area contributed by atoms with E-state index in [-0.39, 0.29) is 6.54 Å². The normalized spacial score (nSPS) is 12.6. The summed E-state index contributed by atoms with van der Waals surface area (Å²) in [5.41, 5.74) is 1.10. The van der Waals surface area contributed by atoms with Gasteiger partial charge in [-0.05, 0) is 18.7 Å². The van der Waals surface area contributed by atoms with Crippen LogP contribution in [0.4, 0.5) is 13.2 Å². The van der Waals surface area contributed by atoms with Gasteiger partial charge >= 0.3 is 6.18 Å². The predicted octanol–water partition coefficient (Wildman–Crippen LogP) is 2.95. The number of alkyl halides is 3. The zero-order valence-electron chi connectivity index (χ0n) is 13.5. The molecule has 130 valence electrons. The summed E-state index contributed by atoms with van der Waals surface area (Å²) >= 11 is 3.50. The molecule has 0 aliphatic heterocycles. The Kier molecular flexibility index (Phi) is 7.84. The molecule has 0 aliphatic rings. The van der Waals surface area contributed by atoms with Gasteiger partial charge in [0.15, 0.2) is 5.96 Å². The second-order valence-electron chi connectivity index (χ2n) is 5.27. The van der Waals surface area contributed by atoms with Crippen molar-refractivity contribution in [2.45, 2.75) is 12.7 Å². The lowest BCUT2D eigenvalue weighted by atomic mass is 10.2. The molecule has 1 rings (SSSR count). The van der Waals surface area contributed by atoms with E-state index in [1.54, 1.807) is 7.05 Å². The van der Waals surface area contributed by atoms with Crippen molar-refractivity contribution in [3.63, 3.8) is 0 Å². The standard InChI is InChI=1S/C15H22BrF3N4/c1-20-14(21-8-9-22(2)11-15(17,18)19)23(3)10-12-6-4-5-7-13(12)16/h4-7H,8-11H2,1-3H3,(H,20,21). The molecule has 0 saturated carbocycles. The van der Waals surface area contributed by atoms with Crippen LogP contribution in [0, 0.1) is 0 Å². The predicted molar refractivity (Wildman–Crippen MR) is 90.5 cm³/mol. The largest absolute Gasteiger partial charge is 0.401 e. The molecule has 1 aromatic carbocycles. The smallest absolute Gasteiger partial charge is 0.355 e. The number of likely N-dealkylation sites (N-methyl/N-ethyl adjacent to an activating group) is 1. The van der Waals surface area contributed by atoms with Crippen LogP contribution in [0.2, 0.25) is 0 Å². The summed E-state index contributed by atoms with van der Waals surface area (Å²) in [6, 6.07) is 7.86. The Balaban J connectivity index is 2.46. The SMILES string of the molecule is CN=C(NCCN(C)CC(F)(F)F)N(C)Cc1ccccc1Br.